The van der Waals surface area contributed by atoms with Gasteiger partial charge in [0.15, 0.2) is 0 Å². The third kappa shape index (κ3) is 3.35. The van der Waals surface area contributed by atoms with Crippen molar-refractivity contribution in [2.75, 3.05) is 6.54 Å². The fourth-order valence-electron chi connectivity index (χ4n) is 2.04. The smallest absolute Gasteiger partial charge is 0.0715 e. The number of aliphatic hydroxyl groups is 1. The molecule has 2 N–H and O–H groups in total. The van der Waals surface area contributed by atoms with Crippen molar-refractivity contribution in [3.63, 3.8) is 0 Å². The molecule has 0 amide bonds. The van der Waals surface area contributed by atoms with Crippen molar-refractivity contribution in [3.8, 4) is 0 Å². The lowest BCUT2D eigenvalue weighted by molar-refractivity contribution is 0.0795. The van der Waals surface area contributed by atoms with E-state index in [0.29, 0.717) is 6.54 Å². The fourth-order valence-corrected chi connectivity index (χ4v) is 2.04. The Morgan fingerprint density at radius 3 is 2.44 bits per heavy atom. The maximum atomic E-state index is 9.60. The number of rotatable bonds is 5. The molecule has 0 radical (unpaired) electrons. The summed E-state index contributed by atoms with van der Waals surface area (Å²) in [6, 6.07) is 2.22. The number of nitrogens with zero attached hydrogens (tertiary/aromatic N) is 1. The lowest BCUT2D eigenvalue weighted by Crippen LogP contribution is -2.34. The topological polar surface area (TPSA) is 37.2 Å². The summed E-state index contributed by atoms with van der Waals surface area (Å²) in [6.07, 6.45) is 0. The van der Waals surface area contributed by atoms with Crippen molar-refractivity contribution in [2.45, 2.75) is 53.3 Å². The number of hydrogen-bond donors (Lipinski definition) is 2. The zero-order valence-corrected chi connectivity index (χ0v) is 11.1. The van der Waals surface area contributed by atoms with E-state index in [-0.39, 0.29) is 0 Å². The van der Waals surface area contributed by atoms with Crippen molar-refractivity contribution in [3.05, 3.63) is 23.0 Å². The number of aromatic nitrogens is 1. The minimum Gasteiger partial charge on any atom is -0.389 e. The molecular weight excluding hydrogens is 200 g/mol. The second-order valence-electron chi connectivity index (χ2n) is 5.06. The average molecular weight is 224 g/mol. The van der Waals surface area contributed by atoms with E-state index < -0.39 is 5.60 Å². The molecule has 1 aromatic rings. The van der Waals surface area contributed by atoms with Gasteiger partial charge in [-0.15, -0.1) is 0 Å². The Hall–Kier alpha value is -0.800. The summed E-state index contributed by atoms with van der Waals surface area (Å²) in [4.78, 5) is 0. The molecule has 1 rings (SSSR count). The van der Waals surface area contributed by atoms with E-state index in [1.54, 1.807) is 0 Å². The molecule has 0 unspecified atom stereocenters. The SMILES string of the molecule is CCn1c(C)cc(CNCC(C)(C)O)c1C. The Labute approximate surface area is 98.5 Å². The Kier molecular flexibility index (Phi) is 4.16. The molecule has 0 fully saturated rings. The molecule has 0 saturated heterocycles. The average Bonchev–Trinajstić information content (AvgIpc) is 2.40. The fraction of sp³-hybridized carbons (Fsp3) is 0.692. The van der Waals surface area contributed by atoms with E-state index >= 15 is 0 Å². The first kappa shape index (κ1) is 13.3. The van der Waals surface area contributed by atoms with E-state index in [4.69, 9.17) is 0 Å². The molecule has 0 aliphatic rings. The van der Waals surface area contributed by atoms with E-state index in [0.717, 1.165) is 13.1 Å². The Bertz CT molecular complexity index is 348. The minimum absolute atomic E-state index is 0.614. The van der Waals surface area contributed by atoms with Crippen molar-refractivity contribution in [2.24, 2.45) is 0 Å². The van der Waals surface area contributed by atoms with Gasteiger partial charge >= 0.3 is 0 Å². The lowest BCUT2D eigenvalue weighted by Gasteiger charge is -2.17. The molecule has 0 aliphatic heterocycles. The minimum atomic E-state index is -0.643. The van der Waals surface area contributed by atoms with Crippen LogP contribution in [0.3, 0.4) is 0 Å². The standard InChI is InChI=1S/C13H24N2O/c1-6-15-10(2)7-12(11(15)3)8-14-9-13(4,5)16/h7,14,16H,6,8-9H2,1-5H3. The first-order valence-corrected chi connectivity index (χ1v) is 5.94. The molecular formula is C13H24N2O. The number of nitrogens with one attached hydrogen (secondary N) is 1. The maximum Gasteiger partial charge on any atom is 0.0715 e. The van der Waals surface area contributed by atoms with Gasteiger partial charge in [-0.3, -0.25) is 0 Å². The van der Waals surface area contributed by atoms with Crippen LogP contribution in [0.1, 0.15) is 37.7 Å². The highest BCUT2D eigenvalue weighted by molar-refractivity contribution is 5.26. The van der Waals surface area contributed by atoms with E-state index in [9.17, 15) is 5.11 Å². The van der Waals surface area contributed by atoms with Gasteiger partial charge in [0.25, 0.3) is 0 Å². The predicted octanol–water partition coefficient (Wildman–Crippen LogP) is 1.99. The zero-order valence-electron chi connectivity index (χ0n) is 11.1. The van der Waals surface area contributed by atoms with Gasteiger partial charge in [-0.2, -0.15) is 0 Å². The van der Waals surface area contributed by atoms with E-state index in [1.165, 1.54) is 17.0 Å². The zero-order chi connectivity index (χ0) is 12.3. The first-order chi connectivity index (χ1) is 7.35. The van der Waals surface area contributed by atoms with Crippen molar-refractivity contribution in [1.29, 1.82) is 0 Å². The van der Waals surface area contributed by atoms with Crippen LogP contribution in [0.15, 0.2) is 6.07 Å². The van der Waals surface area contributed by atoms with Crippen LogP contribution >= 0.6 is 0 Å². The summed E-state index contributed by atoms with van der Waals surface area (Å²) in [6.45, 7) is 12.5. The van der Waals surface area contributed by atoms with Crippen LogP contribution in [0.2, 0.25) is 0 Å². The molecule has 0 spiro atoms. The molecule has 0 atom stereocenters. The van der Waals surface area contributed by atoms with Crippen LogP contribution in [0.25, 0.3) is 0 Å². The molecule has 1 heterocycles. The molecule has 3 nitrogen and oxygen atoms in total. The van der Waals surface area contributed by atoms with Crippen molar-refractivity contribution < 1.29 is 5.11 Å². The van der Waals surface area contributed by atoms with Crippen LogP contribution in [-0.4, -0.2) is 21.8 Å². The normalized spacial score (nSPS) is 12.1. The highest BCUT2D eigenvalue weighted by atomic mass is 16.3. The molecule has 3 heteroatoms. The number of aryl methyl sites for hydroxylation is 1. The Morgan fingerprint density at radius 2 is 2.00 bits per heavy atom. The van der Waals surface area contributed by atoms with Gasteiger partial charge in [0.05, 0.1) is 5.60 Å². The second-order valence-corrected chi connectivity index (χ2v) is 5.06. The van der Waals surface area contributed by atoms with Crippen molar-refractivity contribution in [1.82, 2.24) is 9.88 Å². The largest absolute Gasteiger partial charge is 0.389 e. The summed E-state index contributed by atoms with van der Waals surface area (Å²) in [5.74, 6) is 0. The van der Waals surface area contributed by atoms with Gasteiger partial charge in [-0.1, -0.05) is 0 Å². The Morgan fingerprint density at radius 1 is 1.38 bits per heavy atom. The highest BCUT2D eigenvalue weighted by Crippen LogP contribution is 2.14. The van der Waals surface area contributed by atoms with Crippen LogP contribution in [0, 0.1) is 13.8 Å². The van der Waals surface area contributed by atoms with Gasteiger partial charge in [0, 0.05) is 31.0 Å². The molecule has 1 aromatic heterocycles. The van der Waals surface area contributed by atoms with Crippen molar-refractivity contribution >= 4 is 0 Å². The van der Waals surface area contributed by atoms with E-state index in [1.807, 2.05) is 13.8 Å². The summed E-state index contributed by atoms with van der Waals surface area (Å²) in [7, 11) is 0. The van der Waals surface area contributed by atoms with Crippen LogP contribution in [0.5, 0.6) is 0 Å². The summed E-state index contributed by atoms with van der Waals surface area (Å²) < 4.78 is 2.31. The number of hydrogen-bond acceptors (Lipinski definition) is 2. The van der Waals surface area contributed by atoms with Gasteiger partial charge in [0.1, 0.15) is 0 Å². The first-order valence-electron chi connectivity index (χ1n) is 5.94. The molecule has 16 heavy (non-hydrogen) atoms. The highest BCUT2D eigenvalue weighted by Gasteiger charge is 2.12. The predicted molar refractivity (Wildman–Crippen MR) is 67.6 cm³/mol. The third-order valence-corrected chi connectivity index (χ3v) is 2.87. The summed E-state index contributed by atoms with van der Waals surface area (Å²) in [5, 5.41) is 12.9. The summed E-state index contributed by atoms with van der Waals surface area (Å²) in [5.41, 5.74) is 3.31. The van der Waals surface area contributed by atoms with Gasteiger partial charge in [-0.25, -0.2) is 0 Å². The third-order valence-electron chi connectivity index (χ3n) is 2.87. The maximum absolute atomic E-state index is 9.60. The monoisotopic (exact) mass is 224 g/mol. The van der Waals surface area contributed by atoms with Crippen LogP contribution < -0.4 is 5.32 Å². The van der Waals surface area contributed by atoms with Gasteiger partial charge in [0.2, 0.25) is 0 Å². The van der Waals surface area contributed by atoms with Crippen LogP contribution in [-0.2, 0) is 13.1 Å². The quantitative estimate of drug-likeness (QED) is 0.802. The molecule has 92 valence electrons. The van der Waals surface area contributed by atoms with Gasteiger partial charge in [-0.05, 0) is 46.2 Å². The lowest BCUT2D eigenvalue weighted by atomic mass is 10.1. The van der Waals surface area contributed by atoms with Gasteiger partial charge < -0.3 is 15.0 Å². The molecule has 0 bridgehead atoms. The Balaban J connectivity index is 2.61. The summed E-state index contributed by atoms with van der Waals surface area (Å²) >= 11 is 0. The molecule has 0 aromatic carbocycles. The second kappa shape index (κ2) is 5.02. The van der Waals surface area contributed by atoms with Crippen LogP contribution in [0.4, 0.5) is 0 Å². The molecule has 0 aliphatic carbocycles. The molecule has 0 saturated carbocycles. The van der Waals surface area contributed by atoms with E-state index in [2.05, 4.69) is 36.7 Å².